The van der Waals surface area contributed by atoms with Gasteiger partial charge >= 0.3 is 7.12 Å². The molecule has 1 aromatic heterocycles. The van der Waals surface area contributed by atoms with Gasteiger partial charge in [-0.3, -0.25) is 4.98 Å². The Labute approximate surface area is 122 Å². The van der Waals surface area contributed by atoms with Gasteiger partial charge in [-0.25, -0.2) is 0 Å². The first-order valence-corrected chi connectivity index (χ1v) is 7.08. The van der Waals surface area contributed by atoms with E-state index in [4.69, 9.17) is 9.31 Å². The minimum atomic E-state index is -0.323. The monoisotopic (exact) mass is 276 g/mol. The number of pyridine rings is 1. The first kappa shape index (κ1) is 15.5. The topological polar surface area (TPSA) is 34.6 Å². The summed E-state index contributed by atoms with van der Waals surface area (Å²) in [7, 11) is 3.78. The van der Waals surface area contributed by atoms with Gasteiger partial charge in [-0.05, 0) is 65.8 Å². The molecule has 20 heavy (non-hydrogen) atoms. The average Bonchev–Trinajstić information content (AvgIpc) is 2.50. The number of aromatic nitrogens is 1. The Morgan fingerprint density at radius 3 is 2.20 bits per heavy atom. The molecule has 1 aliphatic rings. The van der Waals surface area contributed by atoms with Gasteiger partial charge in [-0.15, -0.1) is 0 Å². The highest BCUT2D eigenvalue weighted by Gasteiger charge is 2.52. The molecule has 0 aromatic carbocycles. The summed E-state index contributed by atoms with van der Waals surface area (Å²) in [5.74, 6) is 0. The normalized spacial score (nSPS) is 20.7. The van der Waals surface area contributed by atoms with Crippen LogP contribution in [0.3, 0.4) is 0 Å². The van der Waals surface area contributed by atoms with Crippen LogP contribution in [-0.2, 0) is 15.9 Å². The van der Waals surface area contributed by atoms with E-state index in [2.05, 4.69) is 43.6 Å². The van der Waals surface area contributed by atoms with E-state index in [0.717, 1.165) is 23.3 Å². The summed E-state index contributed by atoms with van der Waals surface area (Å²) < 4.78 is 12.3. The Bertz CT molecular complexity index is 485. The van der Waals surface area contributed by atoms with Crippen LogP contribution in [0.4, 0.5) is 0 Å². The molecule has 1 aromatic rings. The van der Waals surface area contributed by atoms with Crippen molar-refractivity contribution in [2.45, 2.75) is 52.4 Å². The maximum atomic E-state index is 6.16. The third kappa shape index (κ3) is 2.90. The highest BCUT2D eigenvalue weighted by molar-refractivity contribution is 6.62. The van der Waals surface area contributed by atoms with Crippen molar-refractivity contribution in [1.82, 2.24) is 9.88 Å². The van der Waals surface area contributed by atoms with Gasteiger partial charge in [0.15, 0.2) is 0 Å². The highest BCUT2D eigenvalue weighted by atomic mass is 16.7. The summed E-state index contributed by atoms with van der Waals surface area (Å²) in [6.07, 6.45) is 1.93. The smallest absolute Gasteiger partial charge is 0.399 e. The lowest BCUT2D eigenvalue weighted by atomic mass is 9.76. The Kier molecular flexibility index (Phi) is 3.97. The third-order valence-corrected chi connectivity index (χ3v) is 4.15. The summed E-state index contributed by atoms with van der Waals surface area (Å²) >= 11 is 0. The van der Waals surface area contributed by atoms with Gasteiger partial charge < -0.3 is 14.2 Å². The lowest BCUT2D eigenvalue weighted by Crippen LogP contribution is -2.41. The molecule has 0 spiro atoms. The molecule has 0 atom stereocenters. The highest BCUT2D eigenvalue weighted by Crippen LogP contribution is 2.36. The molecule has 1 aliphatic heterocycles. The van der Waals surface area contributed by atoms with Crippen LogP contribution in [0.1, 0.15) is 39.0 Å². The zero-order chi connectivity index (χ0) is 15.1. The van der Waals surface area contributed by atoms with Crippen LogP contribution in [0.25, 0.3) is 0 Å². The molecule has 0 saturated carbocycles. The first-order valence-electron chi connectivity index (χ1n) is 7.08. The van der Waals surface area contributed by atoms with Gasteiger partial charge in [0, 0.05) is 18.4 Å². The average molecular weight is 276 g/mol. The van der Waals surface area contributed by atoms with Crippen LogP contribution in [0.15, 0.2) is 12.3 Å². The molecule has 0 unspecified atom stereocenters. The molecule has 0 N–H and O–H groups in total. The van der Waals surface area contributed by atoms with Crippen molar-refractivity contribution in [1.29, 1.82) is 0 Å². The molecular formula is C15H25BN2O2. The van der Waals surface area contributed by atoms with Crippen molar-refractivity contribution in [3.63, 3.8) is 0 Å². The van der Waals surface area contributed by atoms with Crippen molar-refractivity contribution < 1.29 is 9.31 Å². The van der Waals surface area contributed by atoms with Crippen LogP contribution in [0, 0.1) is 6.92 Å². The van der Waals surface area contributed by atoms with Gasteiger partial charge in [0.05, 0.1) is 11.2 Å². The summed E-state index contributed by atoms with van der Waals surface area (Å²) in [6, 6.07) is 2.07. The van der Waals surface area contributed by atoms with E-state index in [1.807, 2.05) is 27.2 Å². The van der Waals surface area contributed by atoms with Crippen LogP contribution < -0.4 is 5.46 Å². The molecule has 2 rings (SSSR count). The standard InChI is InChI=1S/C15H25BN2O2/c1-11-8-13(12(9-17-11)10-18(6)7)16-19-14(2,3)15(4,5)20-16/h8-9H,10H2,1-7H3. The maximum absolute atomic E-state index is 6.16. The molecular weight excluding hydrogens is 251 g/mol. The quantitative estimate of drug-likeness (QED) is 0.788. The molecule has 5 heteroatoms. The van der Waals surface area contributed by atoms with Gasteiger partial charge in [0.2, 0.25) is 0 Å². The van der Waals surface area contributed by atoms with Crippen molar-refractivity contribution in [3.8, 4) is 0 Å². The van der Waals surface area contributed by atoms with Crippen molar-refractivity contribution in [2.24, 2.45) is 0 Å². The van der Waals surface area contributed by atoms with Crippen LogP contribution >= 0.6 is 0 Å². The van der Waals surface area contributed by atoms with E-state index in [-0.39, 0.29) is 18.3 Å². The minimum absolute atomic E-state index is 0.315. The molecule has 2 heterocycles. The number of nitrogens with zero attached hydrogens (tertiary/aromatic N) is 2. The third-order valence-electron chi connectivity index (χ3n) is 4.15. The zero-order valence-corrected chi connectivity index (χ0v) is 13.7. The number of hydrogen-bond acceptors (Lipinski definition) is 4. The summed E-state index contributed by atoms with van der Waals surface area (Å²) in [5.41, 5.74) is 2.59. The van der Waals surface area contributed by atoms with Gasteiger partial charge in [0.1, 0.15) is 0 Å². The fourth-order valence-electron chi connectivity index (χ4n) is 2.27. The Hall–Kier alpha value is -0.905. The fraction of sp³-hybridized carbons (Fsp3) is 0.667. The maximum Gasteiger partial charge on any atom is 0.495 e. The molecule has 0 radical (unpaired) electrons. The Morgan fingerprint density at radius 1 is 1.15 bits per heavy atom. The second-order valence-corrected chi connectivity index (χ2v) is 6.85. The van der Waals surface area contributed by atoms with Gasteiger partial charge in [-0.2, -0.15) is 0 Å². The van der Waals surface area contributed by atoms with E-state index in [9.17, 15) is 0 Å². The zero-order valence-electron chi connectivity index (χ0n) is 13.7. The summed E-state index contributed by atoms with van der Waals surface area (Å²) in [5, 5.41) is 0. The van der Waals surface area contributed by atoms with E-state index < -0.39 is 0 Å². The molecule has 110 valence electrons. The van der Waals surface area contributed by atoms with Gasteiger partial charge in [0.25, 0.3) is 0 Å². The van der Waals surface area contributed by atoms with Crippen LogP contribution in [0.2, 0.25) is 0 Å². The Balaban J connectivity index is 2.36. The lowest BCUT2D eigenvalue weighted by Gasteiger charge is -2.32. The molecule has 4 nitrogen and oxygen atoms in total. The summed E-state index contributed by atoms with van der Waals surface area (Å²) in [4.78, 5) is 6.53. The lowest BCUT2D eigenvalue weighted by molar-refractivity contribution is 0.00578. The summed E-state index contributed by atoms with van der Waals surface area (Å²) in [6.45, 7) is 11.1. The van der Waals surface area contributed by atoms with Gasteiger partial charge in [-0.1, -0.05) is 0 Å². The number of hydrogen-bond donors (Lipinski definition) is 0. The fourth-order valence-corrected chi connectivity index (χ4v) is 2.27. The molecule has 1 saturated heterocycles. The predicted molar refractivity (Wildman–Crippen MR) is 82.1 cm³/mol. The molecule has 1 fully saturated rings. The van der Waals surface area contributed by atoms with E-state index in [1.54, 1.807) is 0 Å². The molecule has 0 aliphatic carbocycles. The SMILES string of the molecule is Cc1cc(B2OC(C)(C)C(C)(C)O2)c(CN(C)C)cn1. The van der Waals surface area contributed by atoms with E-state index in [0.29, 0.717) is 0 Å². The van der Waals surface area contributed by atoms with Crippen LogP contribution in [0.5, 0.6) is 0 Å². The Morgan fingerprint density at radius 2 is 1.70 bits per heavy atom. The molecule has 0 bridgehead atoms. The van der Waals surface area contributed by atoms with Crippen molar-refractivity contribution in [2.75, 3.05) is 14.1 Å². The number of aryl methyl sites for hydroxylation is 1. The van der Waals surface area contributed by atoms with E-state index >= 15 is 0 Å². The van der Waals surface area contributed by atoms with Crippen molar-refractivity contribution >= 4 is 12.6 Å². The largest absolute Gasteiger partial charge is 0.495 e. The molecule has 0 amide bonds. The minimum Gasteiger partial charge on any atom is -0.399 e. The number of rotatable bonds is 3. The predicted octanol–water partition coefficient (Wildman–Crippen LogP) is 1.75. The second kappa shape index (κ2) is 5.13. The first-order chi connectivity index (χ1) is 9.12. The van der Waals surface area contributed by atoms with Crippen molar-refractivity contribution in [3.05, 3.63) is 23.5 Å². The second-order valence-electron chi connectivity index (χ2n) is 6.85. The van der Waals surface area contributed by atoms with E-state index in [1.165, 1.54) is 0 Å². The van der Waals surface area contributed by atoms with Crippen LogP contribution in [-0.4, -0.2) is 42.3 Å².